The quantitative estimate of drug-likeness (QED) is 0.879. The molecule has 0 saturated carbocycles. The third-order valence-electron chi connectivity index (χ3n) is 3.77. The number of carbonyl (C=O) groups excluding carboxylic acids is 1. The van der Waals surface area contributed by atoms with Crippen molar-refractivity contribution in [2.45, 2.75) is 26.7 Å². The molecule has 0 unspecified atom stereocenters. The summed E-state index contributed by atoms with van der Waals surface area (Å²) >= 11 is 0. The number of ether oxygens (including phenoxy) is 1. The monoisotopic (exact) mass is 263 g/mol. The Balaban J connectivity index is 1.99. The highest BCUT2D eigenvalue weighted by molar-refractivity contribution is 5.97. The van der Waals surface area contributed by atoms with Gasteiger partial charge in [0, 0.05) is 19.8 Å². The van der Waals surface area contributed by atoms with Crippen molar-refractivity contribution >= 4 is 5.91 Å². The van der Waals surface area contributed by atoms with Crippen molar-refractivity contribution in [1.29, 1.82) is 0 Å². The Morgan fingerprint density at radius 2 is 2.11 bits per heavy atom. The molecule has 4 nitrogen and oxygen atoms in total. The summed E-state index contributed by atoms with van der Waals surface area (Å²) in [6.07, 6.45) is 1.90. The van der Waals surface area contributed by atoms with Crippen molar-refractivity contribution in [2.75, 3.05) is 19.8 Å². The molecule has 0 bridgehead atoms. The van der Waals surface area contributed by atoms with E-state index in [2.05, 4.69) is 12.2 Å². The van der Waals surface area contributed by atoms with Crippen molar-refractivity contribution in [1.82, 2.24) is 5.32 Å². The minimum Gasteiger partial charge on any atom is -0.507 e. The molecule has 104 valence electrons. The van der Waals surface area contributed by atoms with Gasteiger partial charge in [-0.3, -0.25) is 4.79 Å². The number of nitrogens with one attached hydrogen (secondary N) is 1. The summed E-state index contributed by atoms with van der Waals surface area (Å²) in [5.74, 6) is -0.186. The van der Waals surface area contributed by atoms with Gasteiger partial charge in [0.15, 0.2) is 0 Å². The molecule has 1 aliphatic rings. The average Bonchev–Trinajstić information content (AvgIpc) is 2.40. The number of amides is 1. The van der Waals surface area contributed by atoms with E-state index in [1.54, 1.807) is 18.2 Å². The Hall–Kier alpha value is -1.55. The van der Waals surface area contributed by atoms with Crippen molar-refractivity contribution in [3.05, 3.63) is 29.3 Å². The normalized spacial score (nSPS) is 18.0. The van der Waals surface area contributed by atoms with Gasteiger partial charge in [0.2, 0.25) is 0 Å². The van der Waals surface area contributed by atoms with Gasteiger partial charge in [-0.25, -0.2) is 0 Å². The first-order valence-electron chi connectivity index (χ1n) is 6.66. The second-order valence-electron chi connectivity index (χ2n) is 5.63. The van der Waals surface area contributed by atoms with Crippen LogP contribution >= 0.6 is 0 Å². The summed E-state index contributed by atoms with van der Waals surface area (Å²) < 4.78 is 5.34. The molecule has 19 heavy (non-hydrogen) atoms. The predicted molar refractivity (Wildman–Crippen MR) is 73.3 cm³/mol. The lowest BCUT2D eigenvalue weighted by molar-refractivity contribution is 0.0238. The third kappa shape index (κ3) is 3.47. The fourth-order valence-electron chi connectivity index (χ4n) is 2.26. The van der Waals surface area contributed by atoms with Crippen LogP contribution in [0.4, 0.5) is 0 Å². The Bertz CT molecular complexity index is 464. The van der Waals surface area contributed by atoms with Crippen LogP contribution in [0, 0.1) is 12.3 Å². The first-order valence-corrected chi connectivity index (χ1v) is 6.66. The van der Waals surface area contributed by atoms with Crippen LogP contribution in [0.25, 0.3) is 0 Å². The SMILES string of the molecule is Cc1ccc(O)c(C(=O)NCC2(C)CCOCC2)c1. The zero-order chi connectivity index (χ0) is 13.9. The van der Waals surface area contributed by atoms with Crippen LogP contribution in [0.2, 0.25) is 0 Å². The third-order valence-corrected chi connectivity index (χ3v) is 3.77. The van der Waals surface area contributed by atoms with Crippen molar-refractivity contribution in [3.8, 4) is 5.75 Å². The van der Waals surface area contributed by atoms with Gasteiger partial charge in [-0.15, -0.1) is 0 Å². The molecular formula is C15H21NO3. The van der Waals surface area contributed by atoms with Gasteiger partial charge in [0.05, 0.1) is 5.56 Å². The van der Waals surface area contributed by atoms with E-state index in [0.717, 1.165) is 31.6 Å². The Morgan fingerprint density at radius 1 is 1.42 bits per heavy atom. The van der Waals surface area contributed by atoms with Crippen LogP contribution in [0.3, 0.4) is 0 Å². The molecule has 1 amide bonds. The molecule has 1 heterocycles. The summed E-state index contributed by atoms with van der Waals surface area (Å²) in [6.45, 7) is 6.18. The Labute approximate surface area is 113 Å². The highest BCUT2D eigenvalue weighted by Gasteiger charge is 2.28. The van der Waals surface area contributed by atoms with Gasteiger partial charge in [0.25, 0.3) is 5.91 Å². The van der Waals surface area contributed by atoms with Crippen LogP contribution in [-0.2, 0) is 4.74 Å². The lowest BCUT2D eigenvalue weighted by Gasteiger charge is -2.33. The number of rotatable bonds is 3. The molecule has 1 aromatic rings. The topological polar surface area (TPSA) is 58.6 Å². The highest BCUT2D eigenvalue weighted by atomic mass is 16.5. The molecule has 0 atom stereocenters. The van der Waals surface area contributed by atoms with Gasteiger partial charge in [0.1, 0.15) is 5.75 Å². The number of hydrogen-bond donors (Lipinski definition) is 2. The molecule has 1 fully saturated rings. The maximum Gasteiger partial charge on any atom is 0.255 e. The van der Waals surface area contributed by atoms with Crippen LogP contribution in [0.5, 0.6) is 5.75 Å². The van der Waals surface area contributed by atoms with Gasteiger partial charge in [-0.05, 0) is 37.3 Å². The summed E-state index contributed by atoms with van der Waals surface area (Å²) in [6, 6.07) is 5.04. The van der Waals surface area contributed by atoms with E-state index in [-0.39, 0.29) is 17.1 Å². The fraction of sp³-hybridized carbons (Fsp3) is 0.533. The van der Waals surface area contributed by atoms with Gasteiger partial charge in [-0.2, -0.15) is 0 Å². The van der Waals surface area contributed by atoms with Crippen LogP contribution < -0.4 is 5.32 Å². The molecular weight excluding hydrogens is 242 g/mol. The van der Waals surface area contributed by atoms with E-state index in [1.807, 2.05) is 6.92 Å². The molecule has 4 heteroatoms. The minimum atomic E-state index is -0.214. The zero-order valence-electron chi connectivity index (χ0n) is 11.5. The molecule has 1 aromatic carbocycles. The molecule has 2 rings (SSSR count). The lowest BCUT2D eigenvalue weighted by atomic mass is 9.82. The van der Waals surface area contributed by atoms with E-state index >= 15 is 0 Å². The second kappa shape index (κ2) is 5.61. The minimum absolute atomic E-state index is 0.0280. The summed E-state index contributed by atoms with van der Waals surface area (Å²) in [5, 5.41) is 12.6. The van der Waals surface area contributed by atoms with E-state index in [1.165, 1.54) is 0 Å². The number of hydrogen-bond acceptors (Lipinski definition) is 3. The molecule has 2 N–H and O–H groups in total. The molecule has 0 spiro atoms. The van der Waals surface area contributed by atoms with E-state index in [0.29, 0.717) is 12.1 Å². The lowest BCUT2D eigenvalue weighted by Crippen LogP contribution is -2.39. The molecule has 0 aromatic heterocycles. The number of aryl methyl sites for hydroxylation is 1. The summed E-state index contributed by atoms with van der Waals surface area (Å²) in [5.41, 5.74) is 1.39. The number of phenols is 1. The summed E-state index contributed by atoms with van der Waals surface area (Å²) in [7, 11) is 0. The highest BCUT2D eigenvalue weighted by Crippen LogP contribution is 2.29. The number of phenolic OH excluding ortho intramolecular Hbond substituents is 1. The standard InChI is InChI=1S/C15H21NO3/c1-11-3-4-13(17)12(9-11)14(18)16-10-15(2)5-7-19-8-6-15/h3-4,9,17H,5-8,10H2,1-2H3,(H,16,18). The fourth-order valence-corrected chi connectivity index (χ4v) is 2.26. The van der Waals surface area contributed by atoms with Crippen molar-refractivity contribution in [3.63, 3.8) is 0 Å². The predicted octanol–water partition coefficient (Wildman–Crippen LogP) is 2.25. The zero-order valence-corrected chi connectivity index (χ0v) is 11.5. The molecule has 0 aliphatic carbocycles. The van der Waals surface area contributed by atoms with Crippen LogP contribution in [-0.4, -0.2) is 30.8 Å². The summed E-state index contributed by atoms with van der Waals surface area (Å²) in [4.78, 5) is 12.1. The first kappa shape index (κ1) is 13.9. The van der Waals surface area contributed by atoms with Crippen LogP contribution in [0.1, 0.15) is 35.7 Å². The Morgan fingerprint density at radius 3 is 2.79 bits per heavy atom. The molecule has 1 saturated heterocycles. The molecule has 0 radical (unpaired) electrons. The Kier molecular flexibility index (Phi) is 4.10. The number of carbonyl (C=O) groups is 1. The van der Waals surface area contributed by atoms with Crippen LogP contribution in [0.15, 0.2) is 18.2 Å². The van der Waals surface area contributed by atoms with E-state index in [9.17, 15) is 9.90 Å². The second-order valence-corrected chi connectivity index (χ2v) is 5.63. The first-order chi connectivity index (χ1) is 9.00. The van der Waals surface area contributed by atoms with Crippen molar-refractivity contribution < 1.29 is 14.6 Å². The number of aromatic hydroxyl groups is 1. The smallest absolute Gasteiger partial charge is 0.255 e. The maximum atomic E-state index is 12.1. The average molecular weight is 263 g/mol. The molecule has 1 aliphatic heterocycles. The van der Waals surface area contributed by atoms with E-state index < -0.39 is 0 Å². The van der Waals surface area contributed by atoms with Gasteiger partial charge in [-0.1, -0.05) is 18.6 Å². The van der Waals surface area contributed by atoms with Gasteiger partial charge >= 0.3 is 0 Å². The maximum absolute atomic E-state index is 12.1. The van der Waals surface area contributed by atoms with Gasteiger partial charge < -0.3 is 15.2 Å². The van der Waals surface area contributed by atoms with E-state index in [4.69, 9.17) is 4.74 Å². The van der Waals surface area contributed by atoms with Crippen molar-refractivity contribution in [2.24, 2.45) is 5.41 Å². The number of benzene rings is 1. The largest absolute Gasteiger partial charge is 0.507 e.